The van der Waals surface area contributed by atoms with Crippen molar-refractivity contribution in [3.05, 3.63) is 5.73 Å². The largest absolute Gasteiger partial charge is 0.674 e. The molecule has 0 heterocycles. The van der Waals surface area contributed by atoms with Gasteiger partial charge in [-0.25, -0.2) is 0 Å². The number of rotatable bonds is 4. The monoisotopic (exact) mass is 470 g/mol. The topological polar surface area (TPSA) is 96.4 Å². The average Bonchev–Trinajstić information content (AvgIpc) is 2.53. The molecule has 0 aromatic carbocycles. The number of carbonyl (C=O) groups excluding carboxylic acids is 1. The van der Waals surface area contributed by atoms with Gasteiger partial charge in [0.25, 0.3) is 0 Å². The fourth-order valence-electron chi connectivity index (χ4n) is 2.52. The Hall–Kier alpha value is 0.792. The van der Waals surface area contributed by atoms with Crippen molar-refractivity contribution in [3.63, 3.8) is 0 Å². The van der Waals surface area contributed by atoms with E-state index in [1.54, 1.807) is 6.92 Å². The average molecular weight is 470 g/mol. The van der Waals surface area contributed by atoms with Gasteiger partial charge in [-0.1, -0.05) is 19.8 Å². The molecule has 4 N–H and O–H groups in total. The van der Waals surface area contributed by atoms with Crippen LogP contribution in [0.25, 0.3) is 5.73 Å². The van der Waals surface area contributed by atoms with Crippen LogP contribution >= 0.6 is 0 Å². The Morgan fingerprint density at radius 1 is 1.56 bits per heavy atom. The number of nitrogens with one attached hydrogen (secondary N) is 1. The van der Waals surface area contributed by atoms with E-state index in [1.807, 2.05) is 13.8 Å². The summed E-state index contributed by atoms with van der Waals surface area (Å²) in [5.74, 6) is -1.19. The number of carbonyl (C=O) groups is 1. The molecule has 1 aliphatic rings. The first-order valence-electron chi connectivity index (χ1n) is 6.21. The van der Waals surface area contributed by atoms with Crippen LogP contribution in [0.5, 0.6) is 0 Å². The summed E-state index contributed by atoms with van der Waals surface area (Å²) in [5, 5.41) is 10.1. The van der Waals surface area contributed by atoms with Crippen LogP contribution in [-0.2, 0) is 9.53 Å². The summed E-state index contributed by atoms with van der Waals surface area (Å²) in [6.45, 7) is 5.89. The van der Waals surface area contributed by atoms with E-state index < -0.39 is 24.0 Å². The zero-order valence-corrected chi connectivity index (χ0v) is 16.0. The van der Waals surface area contributed by atoms with E-state index in [9.17, 15) is 9.90 Å². The van der Waals surface area contributed by atoms with Gasteiger partial charge < -0.3 is 21.3 Å². The summed E-state index contributed by atoms with van der Waals surface area (Å²) < 4.78 is 4.92. The second-order valence-electron chi connectivity index (χ2n) is 5.10. The normalized spacial score (nSPS) is 33.1. The number of esters is 1. The second-order valence-corrected chi connectivity index (χ2v) is 5.10. The van der Waals surface area contributed by atoms with Crippen molar-refractivity contribution in [1.82, 2.24) is 0 Å². The number of nitrogens with two attached hydrogens (primary N) is 1. The molecule has 0 amide bonds. The number of ether oxygens (including phenoxy) is 1. The minimum absolute atomic E-state index is 0. The number of aliphatic hydroxyl groups excluding tert-OH is 1. The van der Waals surface area contributed by atoms with Gasteiger partial charge in [0, 0.05) is 50.1 Å². The minimum atomic E-state index is -0.853. The molecule has 0 aromatic heterocycles. The zero-order valence-electron chi connectivity index (χ0n) is 11.3. The van der Waals surface area contributed by atoms with Gasteiger partial charge in [0.05, 0.1) is 18.6 Å². The second kappa shape index (κ2) is 8.16. The maximum atomic E-state index is 11.6. The summed E-state index contributed by atoms with van der Waals surface area (Å²) in [5.41, 5.74) is 14.0. The first kappa shape index (κ1) is 18.8. The summed E-state index contributed by atoms with van der Waals surface area (Å²) in [7, 11) is 0. The van der Waals surface area contributed by atoms with Crippen LogP contribution < -0.4 is 5.73 Å². The van der Waals surface area contributed by atoms with Crippen LogP contribution in [0.15, 0.2) is 0 Å². The van der Waals surface area contributed by atoms with Crippen LogP contribution in [0.3, 0.4) is 0 Å². The molecule has 1 radical (unpaired) electrons. The smallest absolute Gasteiger partial charge is 0.311 e. The van der Waals surface area contributed by atoms with Crippen molar-refractivity contribution in [2.75, 3.05) is 6.61 Å². The van der Waals surface area contributed by atoms with Crippen molar-refractivity contribution in [2.24, 2.45) is 23.5 Å². The van der Waals surface area contributed by atoms with E-state index in [1.165, 1.54) is 0 Å². The third kappa shape index (κ3) is 4.14. The van der Waals surface area contributed by atoms with Crippen molar-refractivity contribution < 1.29 is 58.7 Å². The van der Waals surface area contributed by atoms with Gasteiger partial charge in [0.15, 0.2) is 0 Å². The van der Waals surface area contributed by atoms with Gasteiger partial charge in [-0.05, 0) is 19.3 Å². The third-order valence-corrected chi connectivity index (χ3v) is 3.55. The van der Waals surface area contributed by atoms with Crippen molar-refractivity contribution >= 4 is 5.97 Å². The van der Waals surface area contributed by atoms with E-state index in [4.69, 9.17) is 16.2 Å². The molecule has 0 aromatic rings. The van der Waals surface area contributed by atoms with Gasteiger partial charge in [-0.3, -0.25) is 4.79 Å². The molecule has 0 bridgehead atoms. The Morgan fingerprint density at radius 2 is 2.11 bits per heavy atom. The van der Waals surface area contributed by atoms with Gasteiger partial charge in [-0.2, -0.15) is 0 Å². The maximum Gasteiger partial charge on any atom is 0.311 e. The number of hydrogen-bond donors (Lipinski definition) is 2. The van der Waals surface area contributed by atoms with Crippen molar-refractivity contribution in [3.8, 4) is 0 Å². The molecule has 1 saturated carbocycles. The van der Waals surface area contributed by atoms with E-state index in [2.05, 4.69) is 0 Å². The van der Waals surface area contributed by atoms with E-state index in [0.717, 1.165) is 0 Å². The van der Waals surface area contributed by atoms with E-state index >= 15 is 0 Å². The molecule has 1 aliphatic carbocycles. The Kier molecular flexibility index (Phi) is 8.52. The number of aliphatic hydroxyl groups is 1. The Bertz CT molecular complexity index is 276. The predicted molar refractivity (Wildman–Crippen MR) is 65.2 cm³/mol. The summed E-state index contributed by atoms with van der Waals surface area (Å²) >= 11 is 0. The summed E-state index contributed by atoms with van der Waals surface area (Å²) in [6.07, 6.45) is -0.443. The van der Waals surface area contributed by atoms with Gasteiger partial charge >= 0.3 is 5.97 Å². The number of hydrogen-bond acceptors (Lipinski definition) is 4. The Morgan fingerprint density at radius 3 is 2.56 bits per heavy atom. The molecule has 1 rings (SSSR count). The fraction of sp³-hybridized carbons (Fsp3) is 0.917. The molecule has 103 valence electrons. The third-order valence-electron chi connectivity index (χ3n) is 3.55. The van der Waals surface area contributed by atoms with Gasteiger partial charge in [-0.15, -0.1) is 6.04 Å². The molecular weight excluding hydrogens is 447 g/mol. The van der Waals surface area contributed by atoms with Crippen LogP contribution in [0, 0.1) is 61.8 Å². The Balaban J connectivity index is 0.00000289. The first-order chi connectivity index (χ1) is 7.90. The predicted octanol–water partition coefficient (Wildman–Crippen LogP) is 0.951. The van der Waals surface area contributed by atoms with Gasteiger partial charge in [0.1, 0.15) is 0 Å². The van der Waals surface area contributed by atoms with Crippen LogP contribution in [0.2, 0.25) is 0 Å². The first-order valence-corrected chi connectivity index (χ1v) is 6.21. The molecule has 5 unspecified atom stereocenters. The molecular formula is C12H23AcN2O3-. The quantitative estimate of drug-likeness (QED) is 0.599. The molecule has 5 atom stereocenters. The van der Waals surface area contributed by atoms with Crippen LogP contribution in [0.4, 0.5) is 0 Å². The molecule has 0 aliphatic heterocycles. The van der Waals surface area contributed by atoms with Crippen molar-refractivity contribution in [1.29, 1.82) is 0 Å². The molecule has 5 nitrogen and oxygen atoms in total. The fourth-order valence-corrected chi connectivity index (χ4v) is 2.52. The van der Waals surface area contributed by atoms with Crippen LogP contribution in [-0.4, -0.2) is 35.9 Å². The summed E-state index contributed by atoms with van der Waals surface area (Å²) in [6, 6.07) is -0.747. The molecule has 0 saturated heterocycles. The van der Waals surface area contributed by atoms with Crippen LogP contribution in [0.1, 0.15) is 27.2 Å². The SMILES string of the molecule is CCOC(=O)C1CC(N)C(C([NH-])C(C)C)C1O.[Ac]. The molecule has 6 heteroatoms. The minimum Gasteiger partial charge on any atom is -0.674 e. The molecule has 1 fully saturated rings. The summed E-state index contributed by atoms with van der Waals surface area (Å²) in [4.78, 5) is 11.6. The standard InChI is InChI=1S/C12H23N2O3.Ac/c1-4-17-12(16)7-5-8(13)9(11(7)15)10(14)6(2)3;/h6-11,14-15H,4-5,13H2,1-3H3;/q-1;. The van der Waals surface area contributed by atoms with E-state index in [-0.39, 0.29) is 61.9 Å². The van der Waals surface area contributed by atoms with E-state index in [0.29, 0.717) is 13.0 Å². The Labute approximate surface area is 145 Å². The maximum absolute atomic E-state index is 11.6. The zero-order chi connectivity index (χ0) is 13.2. The van der Waals surface area contributed by atoms with Crippen molar-refractivity contribution in [2.45, 2.75) is 45.4 Å². The molecule has 0 spiro atoms. The van der Waals surface area contributed by atoms with Gasteiger partial charge in [0.2, 0.25) is 0 Å². The molecule has 18 heavy (non-hydrogen) atoms.